The Balaban J connectivity index is 1.83. The second-order valence-corrected chi connectivity index (χ2v) is 6.32. The normalized spacial score (nSPS) is 10.9. The third-order valence-electron chi connectivity index (χ3n) is 4.67. The van der Waals surface area contributed by atoms with Crippen LogP contribution < -0.4 is 10.1 Å². The molecule has 4 heteroatoms. The Morgan fingerprint density at radius 1 is 1.12 bits per heavy atom. The summed E-state index contributed by atoms with van der Waals surface area (Å²) in [4.78, 5) is 12.9. The number of aryl methyl sites for hydroxylation is 2. The molecule has 4 nitrogen and oxygen atoms in total. The lowest BCUT2D eigenvalue weighted by Gasteiger charge is -2.10. The highest BCUT2D eigenvalue weighted by Crippen LogP contribution is 2.29. The minimum absolute atomic E-state index is 0.0190. The van der Waals surface area contributed by atoms with Crippen LogP contribution in [-0.4, -0.2) is 23.6 Å². The molecule has 3 aromatic rings. The topological polar surface area (TPSA) is 43.3 Å². The molecule has 0 unspecified atom stereocenters. The van der Waals surface area contributed by atoms with Crippen molar-refractivity contribution in [1.29, 1.82) is 0 Å². The van der Waals surface area contributed by atoms with Crippen molar-refractivity contribution in [2.24, 2.45) is 0 Å². The van der Waals surface area contributed by atoms with Crippen LogP contribution in [0.2, 0.25) is 0 Å². The zero-order chi connectivity index (χ0) is 18.5. The molecule has 26 heavy (non-hydrogen) atoms. The molecule has 136 valence electrons. The van der Waals surface area contributed by atoms with Gasteiger partial charge in [0.2, 0.25) is 0 Å². The van der Waals surface area contributed by atoms with Gasteiger partial charge in [-0.2, -0.15) is 0 Å². The van der Waals surface area contributed by atoms with E-state index < -0.39 is 0 Å². The van der Waals surface area contributed by atoms with Crippen LogP contribution in [0.3, 0.4) is 0 Å². The van der Waals surface area contributed by atoms with E-state index in [-0.39, 0.29) is 5.91 Å². The first-order valence-electron chi connectivity index (χ1n) is 9.23. The monoisotopic (exact) mass is 350 g/mol. The van der Waals surface area contributed by atoms with Crippen LogP contribution >= 0.6 is 0 Å². The van der Waals surface area contributed by atoms with Crippen molar-refractivity contribution < 1.29 is 9.53 Å². The number of nitrogens with one attached hydrogen (secondary N) is 1. The summed E-state index contributed by atoms with van der Waals surface area (Å²) in [6.07, 6.45) is 0.826. The van der Waals surface area contributed by atoms with E-state index in [0.717, 1.165) is 40.9 Å². The average Bonchev–Trinajstić information content (AvgIpc) is 2.94. The molecule has 0 saturated carbocycles. The van der Waals surface area contributed by atoms with Gasteiger partial charge in [-0.15, -0.1) is 0 Å². The van der Waals surface area contributed by atoms with Crippen molar-refractivity contribution in [1.82, 2.24) is 9.88 Å². The van der Waals surface area contributed by atoms with Crippen LogP contribution in [0.5, 0.6) is 5.75 Å². The van der Waals surface area contributed by atoms with Crippen molar-refractivity contribution in [2.75, 3.05) is 13.2 Å². The number of nitrogens with zero attached hydrogens (tertiary/aromatic N) is 1. The largest absolute Gasteiger partial charge is 0.494 e. The van der Waals surface area contributed by atoms with E-state index >= 15 is 0 Å². The van der Waals surface area contributed by atoms with E-state index in [9.17, 15) is 4.79 Å². The number of aromatic nitrogens is 1. The summed E-state index contributed by atoms with van der Waals surface area (Å²) in [6, 6.07) is 16.2. The van der Waals surface area contributed by atoms with E-state index in [4.69, 9.17) is 4.74 Å². The number of amides is 1. The molecule has 1 aromatic heterocycles. The first-order valence-corrected chi connectivity index (χ1v) is 9.23. The molecule has 0 spiro atoms. The highest BCUT2D eigenvalue weighted by atomic mass is 16.5. The van der Waals surface area contributed by atoms with E-state index in [1.54, 1.807) is 0 Å². The third kappa shape index (κ3) is 3.59. The van der Waals surface area contributed by atoms with Gasteiger partial charge in [-0.05, 0) is 56.5 Å². The minimum atomic E-state index is -0.0190. The van der Waals surface area contributed by atoms with E-state index in [1.165, 1.54) is 5.56 Å². The molecule has 0 aliphatic heterocycles. The molecule has 1 amide bonds. The Hall–Kier alpha value is -2.75. The molecule has 0 aliphatic rings. The highest BCUT2D eigenvalue weighted by molar-refractivity contribution is 6.02. The number of benzene rings is 2. The molecule has 1 heterocycles. The Bertz CT molecular complexity index is 897. The number of rotatable bonds is 7. The smallest absolute Gasteiger partial charge is 0.268 e. The summed E-state index contributed by atoms with van der Waals surface area (Å²) in [5.41, 5.74) is 4.04. The van der Waals surface area contributed by atoms with Gasteiger partial charge in [0.1, 0.15) is 11.4 Å². The van der Waals surface area contributed by atoms with Gasteiger partial charge < -0.3 is 14.6 Å². The number of hydrogen-bond donors (Lipinski definition) is 1. The van der Waals surface area contributed by atoms with Gasteiger partial charge in [0.05, 0.1) is 6.61 Å². The first-order chi connectivity index (χ1) is 12.7. The summed E-state index contributed by atoms with van der Waals surface area (Å²) in [6.45, 7) is 8.05. The molecule has 1 N–H and O–H groups in total. The summed E-state index contributed by atoms with van der Waals surface area (Å²) in [5.74, 6) is 0.821. The predicted molar refractivity (Wildman–Crippen MR) is 106 cm³/mol. The SMILES string of the molecule is CCOc1ccc2c(c1)c(C)c(C(=O)NCCc1ccccc1)n2CC. The van der Waals surface area contributed by atoms with Crippen LogP contribution in [0.25, 0.3) is 10.9 Å². The molecule has 0 bridgehead atoms. The maximum atomic E-state index is 12.9. The number of carbonyl (C=O) groups excluding carboxylic acids is 1. The Morgan fingerprint density at radius 2 is 1.88 bits per heavy atom. The lowest BCUT2D eigenvalue weighted by molar-refractivity contribution is 0.0945. The Morgan fingerprint density at radius 3 is 2.58 bits per heavy atom. The van der Waals surface area contributed by atoms with Crippen molar-refractivity contribution in [2.45, 2.75) is 33.7 Å². The van der Waals surface area contributed by atoms with E-state index in [1.807, 2.05) is 50.2 Å². The lowest BCUT2D eigenvalue weighted by atomic mass is 10.1. The standard InChI is InChI=1S/C22H26N2O2/c1-4-24-20-12-11-18(26-5-2)15-19(20)16(3)21(24)22(25)23-14-13-17-9-7-6-8-10-17/h6-12,15H,4-5,13-14H2,1-3H3,(H,23,25). The minimum Gasteiger partial charge on any atom is -0.494 e. The van der Waals surface area contributed by atoms with Gasteiger partial charge >= 0.3 is 0 Å². The van der Waals surface area contributed by atoms with Crippen molar-refractivity contribution in [3.05, 3.63) is 65.4 Å². The van der Waals surface area contributed by atoms with Gasteiger partial charge in [-0.1, -0.05) is 30.3 Å². The molecule has 0 fully saturated rings. The average molecular weight is 350 g/mol. The second-order valence-electron chi connectivity index (χ2n) is 6.32. The van der Waals surface area contributed by atoms with Crippen molar-refractivity contribution in [3.63, 3.8) is 0 Å². The maximum Gasteiger partial charge on any atom is 0.268 e. The van der Waals surface area contributed by atoms with Crippen LogP contribution in [0, 0.1) is 6.92 Å². The summed E-state index contributed by atoms with van der Waals surface area (Å²) < 4.78 is 7.70. The first kappa shape index (κ1) is 18.1. The summed E-state index contributed by atoms with van der Waals surface area (Å²) in [5, 5.41) is 4.15. The molecule has 0 atom stereocenters. The molecular weight excluding hydrogens is 324 g/mol. The highest BCUT2D eigenvalue weighted by Gasteiger charge is 2.19. The van der Waals surface area contributed by atoms with Crippen LogP contribution in [-0.2, 0) is 13.0 Å². The molecule has 2 aromatic carbocycles. The molecule has 3 rings (SSSR count). The van der Waals surface area contributed by atoms with Crippen LogP contribution in [0.4, 0.5) is 0 Å². The Labute approximate surface area is 154 Å². The second kappa shape index (κ2) is 8.09. The van der Waals surface area contributed by atoms with Gasteiger partial charge in [0, 0.05) is 24.0 Å². The van der Waals surface area contributed by atoms with E-state index in [0.29, 0.717) is 13.2 Å². The third-order valence-corrected chi connectivity index (χ3v) is 4.67. The zero-order valence-electron chi connectivity index (χ0n) is 15.7. The number of hydrogen-bond acceptors (Lipinski definition) is 2. The predicted octanol–water partition coefficient (Wildman–Crippen LogP) is 4.34. The van der Waals surface area contributed by atoms with Crippen molar-refractivity contribution in [3.8, 4) is 5.75 Å². The zero-order valence-corrected chi connectivity index (χ0v) is 15.7. The molecule has 0 radical (unpaired) electrons. The fourth-order valence-corrected chi connectivity index (χ4v) is 3.43. The fourth-order valence-electron chi connectivity index (χ4n) is 3.43. The van der Waals surface area contributed by atoms with Crippen LogP contribution in [0.15, 0.2) is 48.5 Å². The van der Waals surface area contributed by atoms with Gasteiger partial charge in [0.15, 0.2) is 0 Å². The number of carbonyl (C=O) groups is 1. The number of ether oxygens (including phenoxy) is 1. The molecule has 0 saturated heterocycles. The van der Waals surface area contributed by atoms with Gasteiger partial charge in [-0.3, -0.25) is 4.79 Å². The Kier molecular flexibility index (Phi) is 5.61. The van der Waals surface area contributed by atoms with E-state index in [2.05, 4.69) is 28.9 Å². The molecule has 0 aliphatic carbocycles. The van der Waals surface area contributed by atoms with Crippen LogP contribution in [0.1, 0.15) is 35.5 Å². The fraction of sp³-hybridized carbons (Fsp3) is 0.318. The number of fused-ring (bicyclic) bond motifs is 1. The van der Waals surface area contributed by atoms with Gasteiger partial charge in [0.25, 0.3) is 5.91 Å². The summed E-state index contributed by atoms with van der Waals surface area (Å²) in [7, 11) is 0. The maximum absolute atomic E-state index is 12.9. The lowest BCUT2D eigenvalue weighted by Crippen LogP contribution is -2.28. The van der Waals surface area contributed by atoms with Gasteiger partial charge in [-0.25, -0.2) is 0 Å². The summed E-state index contributed by atoms with van der Waals surface area (Å²) >= 11 is 0. The quantitative estimate of drug-likeness (QED) is 0.689. The van der Waals surface area contributed by atoms with Crippen molar-refractivity contribution >= 4 is 16.8 Å². The molecular formula is C22H26N2O2.